The quantitative estimate of drug-likeness (QED) is 0.673. The molecule has 3 N–H and O–H groups in total. The van der Waals surface area contributed by atoms with Gasteiger partial charge in [-0.15, -0.1) is 0 Å². The van der Waals surface area contributed by atoms with Crippen molar-refractivity contribution in [1.29, 1.82) is 0 Å². The van der Waals surface area contributed by atoms with Crippen LogP contribution in [-0.4, -0.2) is 38.0 Å². The fraction of sp³-hybridized carbons (Fsp3) is 0.727. The van der Waals surface area contributed by atoms with Crippen LogP contribution < -0.4 is 10.5 Å². The summed E-state index contributed by atoms with van der Waals surface area (Å²) in [7, 11) is -1.97. The van der Waals surface area contributed by atoms with Gasteiger partial charge in [-0.25, -0.2) is 13.1 Å². The fourth-order valence-corrected chi connectivity index (χ4v) is 2.64. The topological polar surface area (TPSA) is 99.2 Å². The molecule has 1 aromatic rings. The van der Waals surface area contributed by atoms with Crippen LogP contribution in [0.5, 0.6) is 0 Å². The van der Waals surface area contributed by atoms with Crippen molar-refractivity contribution in [2.24, 2.45) is 13.0 Å². The number of hydrogen-bond acceptors (Lipinski definition) is 5. The molecule has 1 rings (SSSR count). The van der Waals surface area contributed by atoms with Crippen LogP contribution >= 0.6 is 0 Å². The predicted octanol–water partition coefficient (Wildman–Crippen LogP) is 0.343. The lowest BCUT2D eigenvalue weighted by Crippen LogP contribution is -2.26. The molecule has 0 aromatic carbocycles. The first-order valence-electron chi connectivity index (χ1n) is 6.19. The third-order valence-electron chi connectivity index (χ3n) is 2.32. The van der Waals surface area contributed by atoms with Crippen LogP contribution in [0.15, 0.2) is 11.1 Å². The van der Waals surface area contributed by atoms with Crippen molar-refractivity contribution in [3.8, 4) is 0 Å². The molecule has 0 atom stereocenters. The highest BCUT2D eigenvalue weighted by atomic mass is 32.2. The first-order chi connectivity index (χ1) is 8.83. The number of rotatable bonds is 8. The van der Waals surface area contributed by atoms with E-state index in [2.05, 4.69) is 23.7 Å². The molecule has 19 heavy (non-hydrogen) atoms. The summed E-state index contributed by atoms with van der Waals surface area (Å²) in [6.45, 7) is 5.65. The number of aryl methyl sites for hydroxylation is 1. The van der Waals surface area contributed by atoms with E-state index in [0.29, 0.717) is 32.1 Å². The first-order valence-corrected chi connectivity index (χ1v) is 7.67. The van der Waals surface area contributed by atoms with Crippen molar-refractivity contribution in [2.75, 3.05) is 25.5 Å². The fourth-order valence-electron chi connectivity index (χ4n) is 1.47. The zero-order valence-corrected chi connectivity index (χ0v) is 12.4. The molecular weight excluding hydrogens is 268 g/mol. The molecular formula is C11H22N4O3S. The summed E-state index contributed by atoms with van der Waals surface area (Å²) in [5, 5.41) is 3.81. The van der Waals surface area contributed by atoms with Crippen LogP contribution in [0.25, 0.3) is 0 Å². The summed E-state index contributed by atoms with van der Waals surface area (Å²) in [5.41, 5.74) is 5.54. The van der Waals surface area contributed by atoms with Crippen molar-refractivity contribution in [1.82, 2.24) is 14.5 Å². The highest BCUT2D eigenvalue weighted by Gasteiger charge is 2.19. The van der Waals surface area contributed by atoms with Crippen molar-refractivity contribution in [3.05, 3.63) is 6.20 Å². The van der Waals surface area contributed by atoms with E-state index >= 15 is 0 Å². The molecule has 0 aliphatic carbocycles. The Morgan fingerprint density at radius 2 is 2.21 bits per heavy atom. The molecule has 0 spiro atoms. The molecule has 0 saturated carbocycles. The van der Waals surface area contributed by atoms with E-state index in [4.69, 9.17) is 10.5 Å². The van der Waals surface area contributed by atoms with Gasteiger partial charge in [0.1, 0.15) is 4.90 Å². The molecule has 0 saturated heterocycles. The number of sulfonamides is 1. The smallest absolute Gasteiger partial charge is 0.245 e. The number of nitrogens with two attached hydrogens (primary N) is 1. The lowest BCUT2D eigenvalue weighted by molar-refractivity contribution is 0.108. The Hall–Kier alpha value is -1.12. The van der Waals surface area contributed by atoms with E-state index in [1.54, 1.807) is 7.05 Å². The van der Waals surface area contributed by atoms with Gasteiger partial charge in [0.15, 0.2) is 5.82 Å². The van der Waals surface area contributed by atoms with Gasteiger partial charge in [-0.1, -0.05) is 13.8 Å². The number of nitrogen functional groups attached to an aromatic ring is 1. The lowest BCUT2D eigenvalue weighted by atomic mass is 10.2. The number of hydrogen-bond donors (Lipinski definition) is 2. The van der Waals surface area contributed by atoms with E-state index in [-0.39, 0.29) is 10.7 Å². The predicted molar refractivity (Wildman–Crippen MR) is 73.1 cm³/mol. The number of ether oxygens (including phenoxy) is 1. The van der Waals surface area contributed by atoms with Crippen molar-refractivity contribution >= 4 is 15.8 Å². The Bertz CT molecular complexity index is 496. The minimum absolute atomic E-state index is 0.00561. The number of anilines is 1. The van der Waals surface area contributed by atoms with Crippen LogP contribution in [0.4, 0.5) is 5.82 Å². The lowest BCUT2D eigenvalue weighted by Gasteiger charge is -2.07. The number of aromatic nitrogens is 2. The molecule has 0 aliphatic rings. The number of nitrogens with zero attached hydrogens (tertiary/aromatic N) is 2. The van der Waals surface area contributed by atoms with Crippen LogP contribution in [0, 0.1) is 5.92 Å². The van der Waals surface area contributed by atoms with E-state index in [1.807, 2.05) is 0 Å². The van der Waals surface area contributed by atoms with Crippen molar-refractivity contribution in [3.63, 3.8) is 0 Å². The Kier molecular flexibility index (Phi) is 5.77. The van der Waals surface area contributed by atoms with Gasteiger partial charge in [0.2, 0.25) is 10.0 Å². The second kappa shape index (κ2) is 6.88. The minimum Gasteiger partial charge on any atom is -0.381 e. The van der Waals surface area contributed by atoms with Gasteiger partial charge < -0.3 is 10.5 Å². The van der Waals surface area contributed by atoms with Crippen molar-refractivity contribution in [2.45, 2.75) is 25.2 Å². The molecule has 0 aliphatic heterocycles. The monoisotopic (exact) mass is 290 g/mol. The van der Waals surface area contributed by atoms with Crippen LogP contribution in [0.2, 0.25) is 0 Å². The maximum Gasteiger partial charge on any atom is 0.245 e. The molecule has 0 amide bonds. The van der Waals surface area contributed by atoms with Crippen LogP contribution in [0.3, 0.4) is 0 Å². The van der Waals surface area contributed by atoms with E-state index in [0.717, 1.165) is 0 Å². The van der Waals surface area contributed by atoms with Gasteiger partial charge in [0, 0.05) is 33.0 Å². The summed E-state index contributed by atoms with van der Waals surface area (Å²) >= 11 is 0. The second-order valence-electron chi connectivity index (χ2n) is 4.77. The SMILES string of the molecule is CC(C)COCCCNS(=O)(=O)c1cn(C)nc1N. The standard InChI is InChI=1S/C11H22N4O3S/c1-9(2)8-18-6-4-5-13-19(16,17)10-7-15(3)14-11(10)12/h7,9,13H,4-6,8H2,1-3H3,(H2,12,14). The van der Waals surface area contributed by atoms with Gasteiger partial charge in [-0.3, -0.25) is 4.68 Å². The third-order valence-corrected chi connectivity index (χ3v) is 3.80. The average Bonchev–Trinajstić information content (AvgIpc) is 2.63. The molecule has 8 heteroatoms. The first kappa shape index (κ1) is 15.9. The maximum absolute atomic E-state index is 11.9. The summed E-state index contributed by atoms with van der Waals surface area (Å²) < 4.78 is 33.1. The van der Waals surface area contributed by atoms with Gasteiger partial charge in [0.05, 0.1) is 0 Å². The highest BCUT2D eigenvalue weighted by Crippen LogP contribution is 2.14. The Balaban J connectivity index is 2.38. The Morgan fingerprint density at radius 1 is 1.53 bits per heavy atom. The number of nitrogens with one attached hydrogen (secondary N) is 1. The van der Waals surface area contributed by atoms with E-state index in [1.165, 1.54) is 10.9 Å². The minimum atomic E-state index is -3.59. The molecule has 0 unspecified atom stereocenters. The average molecular weight is 290 g/mol. The normalized spacial score (nSPS) is 12.2. The Labute approximate surface area is 114 Å². The van der Waals surface area contributed by atoms with Gasteiger partial charge in [-0.2, -0.15) is 5.10 Å². The molecule has 0 bridgehead atoms. The van der Waals surface area contributed by atoms with Gasteiger partial charge >= 0.3 is 0 Å². The molecule has 1 aromatic heterocycles. The Morgan fingerprint density at radius 3 is 2.74 bits per heavy atom. The van der Waals surface area contributed by atoms with E-state index in [9.17, 15) is 8.42 Å². The second-order valence-corrected chi connectivity index (χ2v) is 6.51. The maximum atomic E-state index is 11.9. The van der Waals surface area contributed by atoms with Crippen LogP contribution in [-0.2, 0) is 21.8 Å². The zero-order valence-electron chi connectivity index (χ0n) is 11.6. The summed E-state index contributed by atoms with van der Waals surface area (Å²) in [6, 6.07) is 0. The molecule has 0 fully saturated rings. The van der Waals surface area contributed by atoms with E-state index < -0.39 is 10.0 Å². The van der Waals surface area contributed by atoms with Crippen LogP contribution in [0.1, 0.15) is 20.3 Å². The highest BCUT2D eigenvalue weighted by molar-refractivity contribution is 7.89. The molecule has 110 valence electrons. The summed E-state index contributed by atoms with van der Waals surface area (Å²) in [6.07, 6.45) is 2.00. The third kappa shape index (κ3) is 5.17. The van der Waals surface area contributed by atoms with Gasteiger partial charge in [-0.05, 0) is 12.3 Å². The summed E-state index contributed by atoms with van der Waals surface area (Å²) in [4.78, 5) is 0.0121. The zero-order chi connectivity index (χ0) is 14.5. The molecule has 0 radical (unpaired) electrons. The van der Waals surface area contributed by atoms with Crippen molar-refractivity contribution < 1.29 is 13.2 Å². The summed E-state index contributed by atoms with van der Waals surface area (Å²) in [5.74, 6) is 0.484. The molecule has 1 heterocycles. The molecule has 7 nitrogen and oxygen atoms in total. The largest absolute Gasteiger partial charge is 0.381 e. The van der Waals surface area contributed by atoms with Gasteiger partial charge in [0.25, 0.3) is 0 Å².